The second-order valence-electron chi connectivity index (χ2n) is 8.24. The lowest BCUT2D eigenvalue weighted by molar-refractivity contribution is -0.136. The van der Waals surface area contributed by atoms with E-state index in [1.54, 1.807) is 55.5 Å². The van der Waals surface area contributed by atoms with Gasteiger partial charge in [0.15, 0.2) is 16.3 Å². The molecule has 2 heterocycles. The maximum atomic E-state index is 13.7. The summed E-state index contributed by atoms with van der Waals surface area (Å²) in [4.78, 5) is 54.1. The van der Waals surface area contributed by atoms with Crippen molar-refractivity contribution in [2.24, 2.45) is 4.99 Å². The molecule has 0 fully saturated rings. The number of hydrogen-bond acceptors (Lipinski definition) is 10. The fourth-order valence-electron chi connectivity index (χ4n) is 4.06. The summed E-state index contributed by atoms with van der Waals surface area (Å²) in [5.41, 5.74) is 1.52. The van der Waals surface area contributed by atoms with Crippen LogP contribution in [0.4, 0.5) is 0 Å². The molecule has 0 aliphatic carbocycles. The van der Waals surface area contributed by atoms with Gasteiger partial charge in [0.1, 0.15) is 5.75 Å². The Morgan fingerprint density at radius 1 is 0.974 bits per heavy atom. The Morgan fingerprint density at radius 3 is 2.26 bits per heavy atom. The molecule has 0 N–H and O–H groups in total. The van der Waals surface area contributed by atoms with Crippen LogP contribution >= 0.6 is 11.3 Å². The molecule has 0 bridgehead atoms. The summed E-state index contributed by atoms with van der Waals surface area (Å²) < 4.78 is 22.4. The molecule has 1 atom stereocenters. The van der Waals surface area contributed by atoms with E-state index in [2.05, 4.69) is 4.99 Å². The van der Waals surface area contributed by atoms with Crippen LogP contribution in [0.3, 0.4) is 0 Å². The van der Waals surface area contributed by atoms with E-state index in [1.807, 2.05) is 0 Å². The van der Waals surface area contributed by atoms with Crippen molar-refractivity contribution in [1.29, 1.82) is 0 Å². The minimum atomic E-state index is -0.812. The number of aromatic nitrogens is 1. The number of fused-ring (bicyclic) bond motifs is 1. The van der Waals surface area contributed by atoms with Crippen LogP contribution in [0.25, 0.3) is 6.08 Å². The largest absolute Gasteiger partial charge is 0.493 e. The maximum Gasteiger partial charge on any atom is 0.338 e. The summed E-state index contributed by atoms with van der Waals surface area (Å²) in [6.45, 7) is 4.27. The predicted octanol–water partition coefficient (Wildman–Crippen LogP) is 2.27. The van der Waals surface area contributed by atoms with Gasteiger partial charge in [0.25, 0.3) is 5.56 Å². The molecule has 0 saturated heterocycles. The predicted molar refractivity (Wildman–Crippen MR) is 138 cm³/mol. The van der Waals surface area contributed by atoms with E-state index < -0.39 is 23.9 Å². The number of carbonyl (C=O) groups is 3. The Morgan fingerprint density at radius 2 is 1.66 bits per heavy atom. The third-order valence-electron chi connectivity index (χ3n) is 5.62. The fourth-order valence-corrected chi connectivity index (χ4v) is 5.10. The fraction of sp³-hybridized carbons (Fsp3) is 0.222. The van der Waals surface area contributed by atoms with Crippen molar-refractivity contribution in [2.45, 2.75) is 26.8 Å². The van der Waals surface area contributed by atoms with Gasteiger partial charge in [0, 0.05) is 13.8 Å². The van der Waals surface area contributed by atoms with Crippen LogP contribution in [0.5, 0.6) is 17.2 Å². The van der Waals surface area contributed by atoms with Crippen molar-refractivity contribution >= 4 is 35.3 Å². The molecule has 4 rings (SSSR count). The first-order valence-corrected chi connectivity index (χ1v) is 12.2. The van der Waals surface area contributed by atoms with Crippen molar-refractivity contribution < 1.29 is 33.3 Å². The van der Waals surface area contributed by atoms with Gasteiger partial charge in [-0.2, -0.15) is 0 Å². The Labute approximate surface area is 221 Å². The normalized spacial score (nSPS) is 14.9. The zero-order chi connectivity index (χ0) is 27.6. The number of methoxy groups -OCH3 is 2. The summed E-state index contributed by atoms with van der Waals surface area (Å²) in [7, 11) is 2.71. The molecule has 196 valence electrons. The Bertz CT molecular complexity index is 1650. The minimum Gasteiger partial charge on any atom is -0.493 e. The third kappa shape index (κ3) is 5.28. The quantitative estimate of drug-likeness (QED) is 0.347. The number of ether oxygens (including phenoxy) is 4. The Balaban J connectivity index is 1.86. The number of hydrogen-bond donors (Lipinski definition) is 0. The van der Waals surface area contributed by atoms with E-state index in [9.17, 15) is 19.2 Å². The number of carbonyl (C=O) groups excluding carboxylic acids is 3. The van der Waals surface area contributed by atoms with Gasteiger partial charge in [-0.1, -0.05) is 29.5 Å². The summed E-state index contributed by atoms with van der Waals surface area (Å²) >= 11 is 1.17. The monoisotopic (exact) mass is 536 g/mol. The second kappa shape index (κ2) is 10.9. The van der Waals surface area contributed by atoms with Crippen LogP contribution < -0.4 is 29.1 Å². The Kier molecular flexibility index (Phi) is 7.58. The molecule has 3 aromatic rings. The van der Waals surface area contributed by atoms with Gasteiger partial charge in [-0.05, 0) is 48.4 Å². The zero-order valence-electron chi connectivity index (χ0n) is 21.3. The average molecular weight is 537 g/mol. The van der Waals surface area contributed by atoms with Crippen molar-refractivity contribution in [3.05, 3.63) is 84.5 Å². The molecule has 1 aliphatic rings. The molecule has 0 saturated carbocycles. The lowest BCUT2D eigenvalue weighted by atomic mass is 9.96. The summed E-state index contributed by atoms with van der Waals surface area (Å²) in [6.07, 6.45) is 1.67. The summed E-state index contributed by atoms with van der Waals surface area (Å²) in [5, 5.41) is 0. The van der Waals surface area contributed by atoms with Gasteiger partial charge < -0.3 is 18.9 Å². The van der Waals surface area contributed by atoms with Crippen molar-refractivity contribution in [1.82, 2.24) is 4.57 Å². The van der Waals surface area contributed by atoms with Crippen LogP contribution in [0.2, 0.25) is 0 Å². The lowest BCUT2D eigenvalue weighted by Crippen LogP contribution is -2.39. The van der Waals surface area contributed by atoms with E-state index in [-0.39, 0.29) is 16.9 Å². The van der Waals surface area contributed by atoms with Gasteiger partial charge in [-0.15, -0.1) is 0 Å². The van der Waals surface area contributed by atoms with E-state index in [4.69, 9.17) is 18.9 Å². The molecule has 0 spiro atoms. The van der Waals surface area contributed by atoms with Gasteiger partial charge >= 0.3 is 17.9 Å². The number of thiazole rings is 1. The average Bonchev–Trinajstić information content (AvgIpc) is 3.17. The first-order chi connectivity index (χ1) is 18.1. The first kappa shape index (κ1) is 26.6. The van der Waals surface area contributed by atoms with Crippen LogP contribution in [0, 0.1) is 0 Å². The number of esters is 3. The highest BCUT2D eigenvalue weighted by atomic mass is 32.1. The molecule has 10 nitrogen and oxygen atoms in total. The molecule has 2 aromatic carbocycles. The third-order valence-corrected chi connectivity index (χ3v) is 6.61. The highest BCUT2D eigenvalue weighted by molar-refractivity contribution is 7.07. The van der Waals surface area contributed by atoms with E-state index in [0.29, 0.717) is 37.7 Å². The van der Waals surface area contributed by atoms with Crippen molar-refractivity contribution in [3.8, 4) is 17.2 Å². The molecule has 38 heavy (non-hydrogen) atoms. The van der Waals surface area contributed by atoms with Crippen LogP contribution in [0.1, 0.15) is 37.9 Å². The van der Waals surface area contributed by atoms with E-state index in [1.165, 1.54) is 44.0 Å². The molecular formula is C27H24N2O8S. The molecular weight excluding hydrogens is 512 g/mol. The first-order valence-electron chi connectivity index (χ1n) is 11.4. The van der Waals surface area contributed by atoms with Crippen molar-refractivity contribution in [2.75, 3.05) is 14.2 Å². The molecule has 1 aliphatic heterocycles. The van der Waals surface area contributed by atoms with Gasteiger partial charge in [0.2, 0.25) is 0 Å². The lowest BCUT2D eigenvalue weighted by Gasteiger charge is -2.24. The van der Waals surface area contributed by atoms with Gasteiger partial charge in [0.05, 0.1) is 36.1 Å². The molecule has 1 unspecified atom stereocenters. The number of allylic oxidation sites excluding steroid dienone is 1. The molecule has 0 amide bonds. The smallest absolute Gasteiger partial charge is 0.338 e. The van der Waals surface area contributed by atoms with Crippen LogP contribution in [-0.2, 0) is 19.1 Å². The topological polar surface area (TPSA) is 122 Å². The highest BCUT2D eigenvalue weighted by Gasteiger charge is 2.33. The van der Waals surface area contributed by atoms with Gasteiger partial charge in [-0.3, -0.25) is 19.0 Å². The van der Waals surface area contributed by atoms with E-state index >= 15 is 0 Å². The van der Waals surface area contributed by atoms with Crippen LogP contribution in [0.15, 0.2) is 63.5 Å². The highest BCUT2D eigenvalue weighted by Crippen LogP contribution is 2.32. The summed E-state index contributed by atoms with van der Waals surface area (Å²) in [6, 6.07) is 10.6. The van der Waals surface area contributed by atoms with Crippen LogP contribution in [-0.4, -0.2) is 36.7 Å². The maximum absolute atomic E-state index is 13.7. The number of rotatable bonds is 6. The molecule has 0 radical (unpaired) electrons. The summed E-state index contributed by atoms with van der Waals surface area (Å²) in [5.74, 6) is -0.637. The zero-order valence-corrected chi connectivity index (χ0v) is 22.1. The minimum absolute atomic E-state index is 0.221. The number of benzene rings is 2. The standard InChI is InChI=1S/C27H24N2O8S/c1-14-23(26(33)35-5)24(18-7-9-19(10-8-18)36-15(2)30)29-25(32)22(38-27(29)28-14)13-17-6-11-20(37-16(3)31)21(12-17)34-4/h6-13,24H,1-5H3/b22-13+. The molecule has 1 aromatic heterocycles. The Hall–Kier alpha value is -4.51. The van der Waals surface area contributed by atoms with Crippen molar-refractivity contribution in [3.63, 3.8) is 0 Å². The number of nitrogens with zero attached hydrogens (tertiary/aromatic N) is 2. The second-order valence-corrected chi connectivity index (χ2v) is 9.25. The van der Waals surface area contributed by atoms with Gasteiger partial charge in [-0.25, -0.2) is 9.79 Å². The molecule has 11 heteroatoms. The SMILES string of the molecule is COC(=O)C1=C(C)N=c2s/c(=C/c3ccc(OC(C)=O)c(OC)c3)c(=O)n2C1c1ccc(OC(C)=O)cc1. The van der Waals surface area contributed by atoms with E-state index in [0.717, 1.165) is 0 Å².